The summed E-state index contributed by atoms with van der Waals surface area (Å²) in [5, 5.41) is 8.93. The van der Waals surface area contributed by atoms with Crippen LogP contribution in [0.4, 0.5) is 0 Å². The highest BCUT2D eigenvalue weighted by molar-refractivity contribution is 7.99. The summed E-state index contributed by atoms with van der Waals surface area (Å²) >= 11 is 1.78. The lowest BCUT2D eigenvalue weighted by atomic mass is 10.2. The number of carboxylic acids is 1. The zero-order valence-electron chi connectivity index (χ0n) is 11.9. The van der Waals surface area contributed by atoms with Gasteiger partial charge in [0.25, 0.3) is 0 Å². The molecule has 1 aromatic carbocycles. The highest BCUT2D eigenvalue weighted by Crippen LogP contribution is 2.18. The van der Waals surface area contributed by atoms with Crippen LogP contribution in [0.25, 0.3) is 0 Å². The van der Waals surface area contributed by atoms with Crippen molar-refractivity contribution in [3.8, 4) is 0 Å². The molecule has 0 aliphatic rings. The van der Waals surface area contributed by atoms with Gasteiger partial charge in [-0.15, -0.1) is 11.8 Å². The molecule has 0 aliphatic heterocycles. The van der Waals surface area contributed by atoms with E-state index in [2.05, 4.69) is 45.0 Å². The predicted octanol–water partition coefficient (Wildman–Crippen LogP) is 3.27. The molecular formula is C15H23NO2S. The number of benzene rings is 1. The average molecular weight is 281 g/mol. The SMILES string of the molecule is CCC(C)N(CCSc1ccc(C)cc1)CC(=O)O. The molecule has 0 aromatic heterocycles. The second-order valence-electron chi connectivity index (χ2n) is 4.78. The predicted molar refractivity (Wildman–Crippen MR) is 80.9 cm³/mol. The van der Waals surface area contributed by atoms with Crippen molar-refractivity contribution >= 4 is 17.7 Å². The van der Waals surface area contributed by atoms with Crippen LogP contribution in [0.3, 0.4) is 0 Å². The number of aliphatic carboxylic acids is 1. The molecule has 4 heteroatoms. The quantitative estimate of drug-likeness (QED) is 0.742. The molecule has 0 saturated heterocycles. The van der Waals surface area contributed by atoms with E-state index >= 15 is 0 Å². The first-order valence-corrected chi connectivity index (χ1v) is 7.66. The first-order chi connectivity index (χ1) is 9.02. The maximum Gasteiger partial charge on any atom is 0.317 e. The monoisotopic (exact) mass is 281 g/mol. The molecule has 0 amide bonds. The van der Waals surface area contributed by atoms with Crippen LogP contribution in [0, 0.1) is 6.92 Å². The fourth-order valence-corrected chi connectivity index (χ4v) is 2.69. The lowest BCUT2D eigenvalue weighted by Crippen LogP contribution is -2.38. The van der Waals surface area contributed by atoms with Crippen LogP contribution in [0.1, 0.15) is 25.8 Å². The molecular weight excluding hydrogens is 258 g/mol. The van der Waals surface area contributed by atoms with E-state index in [0.29, 0.717) is 6.04 Å². The van der Waals surface area contributed by atoms with Crippen LogP contribution in [0.5, 0.6) is 0 Å². The Morgan fingerprint density at radius 2 is 2.00 bits per heavy atom. The van der Waals surface area contributed by atoms with Gasteiger partial charge >= 0.3 is 5.97 Å². The van der Waals surface area contributed by atoms with Crippen molar-refractivity contribution in [2.45, 2.75) is 38.1 Å². The molecule has 0 heterocycles. The van der Waals surface area contributed by atoms with Gasteiger partial charge in [0.15, 0.2) is 0 Å². The summed E-state index contributed by atoms with van der Waals surface area (Å²) in [4.78, 5) is 14.1. The molecule has 0 radical (unpaired) electrons. The van der Waals surface area contributed by atoms with Gasteiger partial charge in [-0.25, -0.2) is 0 Å². The number of hydrogen-bond donors (Lipinski definition) is 1. The van der Waals surface area contributed by atoms with Gasteiger partial charge in [-0.3, -0.25) is 9.69 Å². The number of nitrogens with zero attached hydrogens (tertiary/aromatic N) is 1. The van der Waals surface area contributed by atoms with Crippen molar-refractivity contribution < 1.29 is 9.90 Å². The normalized spacial score (nSPS) is 12.6. The van der Waals surface area contributed by atoms with Crippen molar-refractivity contribution in [3.05, 3.63) is 29.8 Å². The van der Waals surface area contributed by atoms with Crippen molar-refractivity contribution in [2.75, 3.05) is 18.8 Å². The van der Waals surface area contributed by atoms with Crippen LogP contribution >= 0.6 is 11.8 Å². The molecule has 0 saturated carbocycles. The minimum absolute atomic E-state index is 0.128. The van der Waals surface area contributed by atoms with Crippen LogP contribution in [0.15, 0.2) is 29.2 Å². The highest BCUT2D eigenvalue weighted by atomic mass is 32.2. The molecule has 0 spiro atoms. The van der Waals surface area contributed by atoms with E-state index in [1.807, 2.05) is 4.90 Å². The molecule has 0 aliphatic carbocycles. The average Bonchev–Trinajstić information content (AvgIpc) is 2.38. The summed E-state index contributed by atoms with van der Waals surface area (Å²) in [6.45, 7) is 7.18. The number of thioether (sulfide) groups is 1. The van der Waals surface area contributed by atoms with Gasteiger partial charge in [0.2, 0.25) is 0 Å². The zero-order valence-corrected chi connectivity index (χ0v) is 12.7. The molecule has 1 aromatic rings. The minimum Gasteiger partial charge on any atom is -0.480 e. The van der Waals surface area contributed by atoms with E-state index in [1.54, 1.807) is 11.8 Å². The molecule has 1 unspecified atom stereocenters. The molecule has 1 rings (SSSR count). The van der Waals surface area contributed by atoms with Crippen LogP contribution < -0.4 is 0 Å². The molecule has 19 heavy (non-hydrogen) atoms. The largest absolute Gasteiger partial charge is 0.480 e. The maximum absolute atomic E-state index is 10.9. The lowest BCUT2D eigenvalue weighted by molar-refractivity contribution is -0.138. The van der Waals surface area contributed by atoms with E-state index in [9.17, 15) is 4.79 Å². The summed E-state index contributed by atoms with van der Waals surface area (Å²) < 4.78 is 0. The third kappa shape index (κ3) is 6.12. The smallest absolute Gasteiger partial charge is 0.317 e. The van der Waals surface area contributed by atoms with E-state index in [-0.39, 0.29) is 6.54 Å². The molecule has 0 fully saturated rings. The van der Waals surface area contributed by atoms with Crippen molar-refractivity contribution in [1.29, 1.82) is 0 Å². The van der Waals surface area contributed by atoms with Crippen LogP contribution in [0.2, 0.25) is 0 Å². The number of rotatable bonds is 8. The van der Waals surface area contributed by atoms with Gasteiger partial charge in [0.05, 0.1) is 6.54 Å². The van der Waals surface area contributed by atoms with E-state index in [1.165, 1.54) is 10.5 Å². The highest BCUT2D eigenvalue weighted by Gasteiger charge is 2.14. The number of aryl methyl sites for hydroxylation is 1. The topological polar surface area (TPSA) is 40.5 Å². The first kappa shape index (κ1) is 16.1. The Labute approximate surface area is 120 Å². The van der Waals surface area contributed by atoms with Gasteiger partial charge in [-0.1, -0.05) is 24.6 Å². The van der Waals surface area contributed by atoms with Gasteiger partial charge in [0.1, 0.15) is 0 Å². The summed E-state index contributed by atoms with van der Waals surface area (Å²) in [7, 11) is 0. The second kappa shape index (κ2) is 8.23. The second-order valence-corrected chi connectivity index (χ2v) is 5.95. The van der Waals surface area contributed by atoms with E-state index in [0.717, 1.165) is 18.7 Å². The van der Waals surface area contributed by atoms with Crippen molar-refractivity contribution in [3.63, 3.8) is 0 Å². The molecule has 1 atom stereocenters. The summed E-state index contributed by atoms with van der Waals surface area (Å²) in [6.07, 6.45) is 0.975. The fourth-order valence-electron chi connectivity index (χ4n) is 1.80. The van der Waals surface area contributed by atoms with Crippen molar-refractivity contribution in [2.24, 2.45) is 0 Å². The summed E-state index contributed by atoms with van der Waals surface area (Å²) in [5.41, 5.74) is 1.26. The lowest BCUT2D eigenvalue weighted by Gasteiger charge is -2.26. The Hall–Kier alpha value is -1.00. The first-order valence-electron chi connectivity index (χ1n) is 6.68. The van der Waals surface area contributed by atoms with Gasteiger partial charge in [0, 0.05) is 23.2 Å². The van der Waals surface area contributed by atoms with Crippen LogP contribution in [-0.2, 0) is 4.79 Å². The molecule has 3 nitrogen and oxygen atoms in total. The Kier molecular flexibility index (Phi) is 6.95. The van der Waals surface area contributed by atoms with E-state index in [4.69, 9.17) is 5.11 Å². The van der Waals surface area contributed by atoms with Gasteiger partial charge < -0.3 is 5.11 Å². The zero-order chi connectivity index (χ0) is 14.3. The van der Waals surface area contributed by atoms with Gasteiger partial charge in [-0.05, 0) is 32.4 Å². The van der Waals surface area contributed by atoms with Crippen molar-refractivity contribution in [1.82, 2.24) is 4.90 Å². The van der Waals surface area contributed by atoms with Gasteiger partial charge in [-0.2, -0.15) is 0 Å². The number of carbonyl (C=O) groups is 1. The Morgan fingerprint density at radius 3 is 2.53 bits per heavy atom. The third-order valence-electron chi connectivity index (χ3n) is 3.22. The summed E-state index contributed by atoms with van der Waals surface area (Å²) in [5.74, 6) is 0.168. The van der Waals surface area contributed by atoms with E-state index < -0.39 is 5.97 Å². The number of carboxylic acid groups (broad SMARTS) is 1. The molecule has 1 N–H and O–H groups in total. The summed E-state index contributed by atoms with van der Waals surface area (Å²) in [6, 6.07) is 8.75. The Morgan fingerprint density at radius 1 is 1.37 bits per heavy atom. The molecule has 0 bridgehead atoms. The standard InChI is InChI=1S/C15H23NO2S/c1-4-13(3)16(11-15(17)18)9-10-19-14-7-5-12(2)6-8-14/h5-8,13H,4,9-11H2,1-3H3,(H,17,18). The van der Waals surface area contributed by atoms with Crippen LogP contribution in [-0.4, -0.2) is 40.9 Å². The maximum atomic E-state index is 10.9. The fraction of sp³-hybridized carbons (Fsp3) is 0.533. The Balaban J connectivity index is 2.43. The minimum atomic E-state index is -0.749. The Bertz CT molecular complexity index is 392. The molecule has 106 valence electrons. The third-order valence-corrected chi connectivity index (χ3v) is 4.21. The number of hydrogen-bond acceptors (Lipinski definition) is 3.